The average molecular weight is 241 g/mol. The Bertz CT molecular complexity index is 521. The van der Waals surface area contributed by atoms with Gasteiger partial charge in [0.15, 0.2) is 0 Å². The molecule has 1 atom stereocenters. The molecule has 0 aliphatic heterocycles. The fourth-order valence-corrected chi connectivity index (χ4v) is 1.98. The number of hydrogen-bond donors (Lipinski definition) is 1. The van der Waals surface area contributed by atoms with Gasteiger partial charge in [-0.2, -0.15) is 0 Å². The van der Waals surface area contributed by atoms with Crippen molar-refractivity contribution in [3.63, 3.8) is 0 Å². The van der Waals surface area contributed by atoms with Crippen molar-refractivity contribution in [2.75, 3.05) is 19.0 Å². The number of nitrogens with two attached hydrogens (primary N) is 1. The Morgan fingerprint density at radius 2 is 1.72 bits per heavy atom. The summed E-state index contributed by atoms with van der Waals surface area (Å²) < 4.78 is 0. The largest absolute Gasteiger partial charge is 0.363 e. The molecule has 0 saturated heterocycles. The van der Waals surface area contributed by atoms with E-state index in [2.05, 4.69) is 11.1 Å². The number of aryl methyl sites for hydroxylation is 1. The Labute approximate surface area is 108 Å². The highest BCUT2D eigenvalue weighted by Crippen LogP contribution is 2.23. The van der Waals surface area contributed by atoms with Crippen LogP contribution in [0.1, 0.15) is 22.9 Å². The lowest BCUT2D eigenvalue weighted by atomic mass is 9.98. The highest BCUT2D eigenvalue weighted by Gasteiger charge is 2.12. The summed E-state index contributed by atoms with van der Waals surface area (Å²) in [5.74, 6) is 0.955. The fourth-order valence-electron chi connectivity index (χ4n) is 1.98. The number of nitrogens with zero attached hydrogens (tertiary/aromatic N) is 2. The van der Waals surface area contributed by atoms with Crippen LogP contribution in [-0.4, -0.2) is 19.1 Å². The SMILES string of the molecule is Cc1nc(N(C)C)ccc1[C@H](N)c1ccccc1. The van der Waals surface area contributed by atoms with Gasteiger partial charge in [-0.1, -0.05) is 36.4 Å². The molecule has 0 bridgehead atoms. The van der Waals surface area contributed by atoms with Gasteiger partial charge in [-0.05, 0) is 24.1 Å². The zero-order valence-corrected chi connectivity index (χ0v) is 11.1. The first-order chi connectivity index (χ1) is 8.59. The van der Waals surface area contributed by atoms with Gasteiger partial charge in [-0.3, -0.25) is 0 Å². The third-order valence-electron chi connectivity index (χ3n) is 3.06. The lowest BCUT2D eigenvalue weighted by molar-refractivity contribution is 0.845. The molecule has 0 amide bonds. The van der Waals surface area contributed by atoms with Gasteiger partial charge in [0.25, 0.3) is 0 Å². The second kappa shape index (κ2) is 5.19. The van der Waals surface area contributed by atoms with Crippen molar-refractivity contribution in [2.24, 2.45) is 5.73 Å². The molecule has 3 nitrogen and oxygen atoms in total. The second-order valence-corrected chi connectivity index (χ2v) is 4.63. The van der Waals surface area contributed by atoms with E-state index in [1.807, 2.05) is 62.3 Å². The van der Waals surface area contributed by atoms with E-state index in [1.54, 1.807) is 0 Å². The molecule has 2 N–H and O–H groups in total. The van der Waals surface area contributed by atoms with Crippen molar-refractivity contribution in [3.8, 4) is 0 Å². The Morgan fingerprint density at radius 1 is 1.06 bits per heavy atom. The monoisotopic (exact) mass is 241 g/mol. The van der Waals surface area contributed by atoms with Crippen molar-refractivity contribution in [1.29, 1.82) is 0 Å². The van der Waals surface area contributed by atoms with Crippen LogP contribution in [-0.2, 0) is 0 Å². The molecule has 94 valence electrons. The maximum absolute atomic E-state index is 6.29. The number of hydrogen-bond acceptors (Lipinski definition) is 3. The highest BCUT2D eigenvalue weighted by atomic mass is 15.1. The van der Waals surface area contributed by atoms with E-state index in [0.29, 0.717) is 0 Å². The molecule has 0 saturated carbocycles. The number of benzene rings is 1. The molecule has 0 unspecified atom stereocenters. The molecule has 0 fully saturated rings. The molecular weight excluding hydrogens is 222 g/mol. The Morgan fingerprint density at radius 3 is 2.28 bits per heavy atom. The van der Waals surface area contributed by atoms with Crippen LogP contribution in [0.4, 0.5) is 5.82 Å². The first kappa shape index (κ1) is 12.6. The first-order valence-corrected chi connectivity index (χ1v) is 6.05. The summed E-state index contributed by atoms with van der Waals surface area (Å²) in [6.45, 7) is 2.01. The normalized spacial score (nSPS) is 12.2. The van der Waals surface area contributed by atoms with Crippen LogP contribution in [0.15, 0.2) is 42.5 Å². The Hall–Kier alpha value is -1.87. The first-order valence-electron chi connectivity index (χ1n) is 6.05. The van der Waals surface area contributed by atoms with Gasteiger partial charge in [0.2, 0.25) is 0 Å². The topological polar surface area (TPSA) is 42.2 Å². The van der Waals surface area contributed by atoms with Gasteiger partial charge >= 0.3 is 0 Å². The predicted molar refractivity (Wildman–Crippen MR) is 75.8 cm³/mol. The molecule has 3 heteroatoms. The standard InChI is InChI=1S/C15H19N3/c1-11-13(9-10-14(17-11)18(2)3)15(16)12-7-5-4-6-8-12/h4-10,15H,16H2,1-3H3/t15-/m1/s1. The molecule has 2 aromatic rings. The van der Waals surface area contributed by atoms with Crippen LogP contribution < -0.4 is 10.6 Å². The minimum absolute atomic E-state index is 0.116. The number of pyridine rings is 1. The molecular formula is C15H19N3. The van der Waals surface area contributed by atoms with E-state index in [-0.39, 0.29) is 6.04 Å². The smallest absolute Gasteiger partial charge is 0.128 e. The van der Waals surface area contributed by atoms with Crippen LogP contribution in [0.5, 0.6) is 0 Å². The number of aromatic nitrogens is 1. The van der Waals surface area contributed by atoms with Crippen molar-refractivity contribution >= 4 is 5.82 Å². The van der Waals surface area contributed by atoms with E-state index in [4.69, 9.17) is 5.73 Å². The summed E-state index contributed by atoms with van der Waals surface area (Å²) in [6.07, 6.45) is 0. The van der Waals surface area contributed by atoms with Gasteiger partial charge in [-0.15, -0.1) is 0 Å². The van der Waals surface area contributed by atoms with E-state index >= 15 is 0 Å². The summed E-state index contributed by atoms with van der Waals surface area (Å²) >= 11 is 0. The van der Waals surface area contributed by atoms with Gasteiger partial charge in [-0.25, -0.2) is 4.98 Å². The van der Waals surface area contributed by atoms with E-state index < -0.39 is 0 Å². The van der Waals surface area contributed by atoms with Gasteiger partial charge in [0.05, 0.1) is 6.04 Å². The van der Waals surface area contributed by atoms with Crippen LogP contribution in [0.25, 0.3) is 0 Å². The van der Waals surface area contributed by atoms with Gasteiger partial charge in [0.1, 0.15) is 5.82 Å². The summed E-state index contributed by atoms with van der Waals surface area (Å²) in [4.78, 5) is 6.56. The molecule has 0 radical (unpaired) electrons. The van der Waals surface area contributed by atoms with Crippen LogP contribution in [0.2, 0.25) is 0 Å². The lowest BCUT2D eigenvalue weighted by Gasteiger charge is -2.17. The average Bonchev–Trinajstić information content (AvgIpc) is 2.38. The van der Waals surface area contributed by atoms with Crippen LogP contribution in [0.3, 0.4) is 0 Å². The molecule has 1 heterocycles. The van der Waals surface area contributed by atoms with Crippen molar-refractivity contribution in [3.05, 3.63) is 59.3 Å². The molecule has 1 aromatic heterocycles. The van der Waals surface area contributed by atoms with Crippen LogP contribution >= 0.6 is 0 Å². The van der Waals surface area contributed by atoms with E-state index in [9.17, 15) is 0 Å². The lowest BCUT2D eigenvalue weighted by Crippen LogP contribution is -2.16. The van der Waals surface area contributed by atoms with E-state index in [0.717, 1.165) is 22.6 Å². The second-order valence-electron chi connectivity index (χ2n) is 4.63. The minimum Gasteiger partial charge on any atom is -0.363 e. The Balaban J connectivity index is 2.34. The maximum atomic E-state index is 6.29. The highest BCUT2D eigenvalue weighted by molar-refractivity contribution is 5.43. The molecule has 0 aliphatic rings. The van der Waals surface area contributed by atoms with Gasteiger partial charge in [0, 0.05) is 19.8 Å². The zero-order chi connectivity index (χ0) is 13.1. The molecule has 0 spiro atoms. The van der Waals surface area contributed by atoms with Crippen molar-refractivity contribution < 1.29 is 0 Å². The van der Waals surface area contributed by atoms with E-state index in [1.165, 1.54) is 0 Å². The zero-order valence-electron chi connectivity index (χ0n) is 11.1. The number of rotatable bonds is 3. The van der Waals surface area contributed by atoms with Crippen LogP contribution in [0, 0.1) is 6.92 Å². The summed E-state index contributed by atoms with van der Waals surface area (Å²) in [5.41, 5.74) is 9.46. The minimum atomic E-state index is -0.116. The summed E-state index contributed by atoms with van der Waals surface area (Å²) in [7, 11) is 3.97. The summed E-state index contributed by atoms with van der Waals surface area (Å²) in [6, 6.07) is 14.1. The van der Waals surface area contributed by atoms with Crippen molar-refractivity contribution in [2.45, 2.75) is 13.0 Å². The Kier molecular flexibility index (Phi) is 3.63. The fraction of sp³-hybridized carbons (Fsp3) is 0.267. The van der Waals surface area contributed by atoms with Crippen molar-refractivity contribution in [1.82, 2.24) is 4.98 Å². The van der Waals surface area contributed by atoms with Gasteiger partial charge < -0.3 is 10.6 Å². The maximum Gasteiger partial charge on any atom is 0.128 e. The third kappa shape index (κ3) is 2.51. The third-order valence-corrected chi connectivity index (χ3v) is 3.06. The predicted octanol–water partition coefficient (Wildman–Crippen LogP) is 2.50. The summed E-state index contributed by atoms with van der Waals surface area (Å²) in [5, 5.41) is 0. The molecule has 0 aliphatic carbocycles. The quantitative estimate of drug-likeness (QED) is 0.897. The molecule has 18 heavy (non-hydrogen) atoms. The molecule has 2 rings (SSSR count). The molecule has 1 aromatic carbocycles. The number of anilines is 1.